The molecule has 5 nitrogen and oxygen atoms in total. The summed E-state index contributed by atoms with van der Waals surface area (Å²) in [6.07, 6.45) is 1.87. The molecule has 0 aliphatic carbocycles. The van der Waals surface area contributed by atoms with Crippen molar-refractivity contribution in [3.63, 3.8) is 0 Å². The number of benzene rings is 2. The lowest BCUT2D eigenvalue weighted by molar-refractivity contribution is -0.145. The molecule has 7 heteroatoms. The van der Waals surface area contributed by atoms with Crippen LogP contribution in [-0.2, 0) is 16.0 Å². The number of nitrogens with zero attached hydrogens (tertiary/aromatic N) is 1. The van der Waals surface area contributed by atoms with Crippen molar-refractivity contribution < 1.29 is 19.4 Å². The number of carboxylic acid groups (broad SMARTS) is 1. The molecular weight excluding hydrogens is 382 g/mol. The van der Waals surface area contributed by atoms with Crippen molar-refractivity contribution in [2.45, 2.75) is 12.5 Å². The predicted octanol–water partition coefficient (Wildman–Crippen LogP) is 3.59. The molecule has 1 fully saturated rings. The lowest BCUT2D eigenvalue weighted by Gasteiger charge is -2.23. The van der Waals surface area contributed by atoms with Gasteiger partial charge in [0.05, 0.1) is 12.0 Å². The molecule has 27 heavy (non-hydrogen) atoms. The van der Waals surface area contributed by atoms with Gasteiger partial charge in [-0.05, 0) is 17.7 Å². The van der Waals surface area contributed by atoms with Gasteiger partial charge in [-0.25, -0.2) is 4.79 Å². The van der Waals surface area contributed by atoms with E-state index in [9.17, 15) is 14.7 Å². The first-order valence-corrected chi connectivity index (χ1v) is 9.40. The van der Waals surface area contributed by atoms with Gasteiger partial charge in [-0.2, -0.15) is 0 Å². The lowest BCUT2D eigenvalue weighted by atomic mass is 10.0. The second-order valence-corrected chi connectivity index (χ2v) is 7.51. The fourth-order valence-corrected chi connectivity index (χ4v) is 4.15. The van der Waals surface area contributed by atoms with Crippen LogP contribution in [-0.4, -0.2) is 39.4 Å². The molecule has 3 rings (SSSR count). The molecule has 0 unspecified atom stereocenters. The van der Waals surface area contributed by atoms with Gasteiger partial charge in [0, 0.05) is 12.0 Å². The Morgan fingerprint density at radius 2 is 1.89 bits per heavy atom. The Labute approximate surface area is 166 Å². The maximum Gasteiger partial charge on any atom is 0.327 e. The molecule has 1 atom stereocenters. The highest BCUT2D eigenvalue weighted by molar-refractivity contribution is 8.26. The van der Waals surface area contributed by atoms with Crippen LogP contribution in [0.5, 0.6) is 5.75 Å². The number of carboxylic acids is 1. The zero-order valence-corrected chi connectivity index (χ0v) is 16.1. The molecule has 0 saturated carbocycles. The Kier molecular flexibility index (Phi) is 5.93. The number of hydrogen-bond donors (Lipinski definition) is 1. The minimum Gasteiger partial charge on any atom is -0.496 e. The number of para-hydroxylation sites is 1. The fraction of sp³-hybridized carbons (Fsp3) is 0.150. The third-order valence-corrected chi connectivity index (χ3v) is 5.45. The number of rotatable bonds is 6. The third-order valence-electron chi connectivity index (χ3n) is 4.12. The van der Waals surface area contributed by atoms with Crippen molar-refractivity contribution in [1.29, 1.82) is 0 Å². The third kappa shape index (κ3) is 4.20. The van der Waals surface area contributed by atoms with Crippen molar-refractivity contribution in [3.8, 4) is 5.75 Å². The molecule has 2 aromatic carbocycles. The van der Waals surface area contributed by atoms with E-state index in [0.717, 1.165) is 22.9 Å². The Morgan fingerprint density at radius 1 is 1.22 bits per heavy atom. The lowest BCUT2D eigenvalue weighted by Crippen LogP contribution is -2.45. The molecule has 1 saturated heterocycles. The molecule has 0 radical (unpaired) electrons. The standard InChI is InChI=1S/C20H17NO4S2/c1-25-16-10-6-5-9-14(16)12-17-18(22)21(20(26)27-17)15(19(23)24)11-13-7-3-2-4-8-13/h2-10,12,15H,11H2,1H3,(H,23,24)/b17-12+/t15-/m0/s1. The smallest absolute Gasteiger partial charge is 0.327 e. The summed E-state index contributed by atoms with van der Waals surface area (Å²) >= 11 is 6.42. The van der Waals surface area contributed by atoms with E-state index >= 15 is 0 Å². The summed E-state index contributed by atoms with van der Waals surface area (Å²) in [6.45, 7) is 0. The zero-order valence-electron chi connectivity index (χ0n) is 14.5. The SMILES string of the molecule is COc1ccccc1/C=C1/SC(=S)N([C@@H](Cc2ccccc2)C(=O)O)C1=O. The van der Waals surface area contributed by atoms with Crippen molar-refractivity contribution in [2.24, 2.45) is 0 Å². The number of aliphatic carboxylic acids is 1. The van der Waals surface area contributed by atoms with Gasteiger partial charge in [-0.15, -0.1) is 0 Å². The van der Waals surface area contributed by atoms with Gasteiger partial charge in [0.15, 0.2) is 0 Å². The summed E-state index contributed by atoms with van der Waals surface area (Å²) in [5, 5.41) is 9.69. The molecule has 1 N–H and O–H groups in total. The normalized spacial score (nSPS) is 16.6. The number of thiocarbonyl (C=S) groups is 1. The summed E-state index contributed by atoms with van der Waals surface area (Å²) < 4.78 is 5.54. The monoisotopic (exact) mass is 399 g/mol. The van der Waals surface area contributed by atoms with Gasteiger partial charge < -0.3 is 9.84 Å². The van der Waals surface area contributed by atoms with E-state index in [1.54, 1.807) is 19.3 Å². The maximum absolute atomic E-state index is 12.9. The second-order valence-electron chi connectivity index (χ2n) is 5.84. The van der Waals surface area contributed by atoms with Gasteiger partial charge in [0.1, 0.15) is 16.1 Å². The van der Waals surface area contributed by atoms with Crippen molar-refractivity contribution in [2.75, 3.05) is 7.11 Å². The quantitative estimate of drug-likeness (QED) is 0.591. The van der Waals surface area contributed by atoms with Crippen LogP contribution < -0.4 is 4.74 Å². The van der Waals surface area contributed by atoms with Crippen molar-refractivity contribution >= 4 is 46.3 Å². The van der Waals surface area contributed by atoms with Crippen LogP contribution in [0.15, 0.2) is 59.5 Å². The van der Waals surface area contributed by atoms with Crippen molar-refractivity contribution in [1.82, 2.24) is 4.90 Å². The van der Waals surface area contributed by atoms with E-state index in [2.05, 4.69) is 0 Å². The van der Waals surface area contributed by atoms with Gasteiger partial charge in [0.2, 0.25) is 0 Å². The molecule has 1 heterocycles. The van der Waals surface area contributed by atoms with E-state index in [1.807, 2.05) is 48.5 Å². The summed E-state index contributed by atoms with van der Waals surface area (Å²) in [7, 11) is 1.55. The van der Waals surface area contributed by atoms with E-state index in [1.165, 1.54) is 4.90 Å². The predicted molar refractivity (Wildman–Crippen MR) is 110 cm³/mol. The molecule has 1 aliphatic heterocycles. The molecule has 0 bridgehead atoms. The Hall–Kier alpha value is -2.64. The summed E-state index contributed by atoms with van der Waals surface area (Å²) in [6, 6.07) is 15.4. The Morgan fingerprint density at radius 3 is 2.56 bits per heavy atom. The minimum atomic E-state index is -1.09. The zero-order chi connectivity index (χ0) is 19.4. The van der Waals surface area contributed by atoms with Crippen LogP contribution in [0.1, 0.15) is 11.1 Å². The maximum atomic E-state index is 12.9. The first-order chi connectivity index (χ1) is 13.0. The first kappa shape index (κ1) is 19.1. The van der Waals surface area contributed by atoms with E-state index in [4.69, 9.17) is 17.0 Å². The first-order valence-electron chi connectivity index (χ1n) is 8.18. The van der Waals surface area contributed by atoms with E-state index in [0.29, 0.717) is 10.7 Å². The number of amides is 1. The fourth-order valence-electron chi connectivity index (χ4n) is 2.80. The van der Waals surface area contributed by atoms with Crippen molar-refractivity contribution in [3.05, 3.63) is 70.6 Å². The summed E-state index contributed by atoms with van der Waals surface area (Å²) in [5.74, 6) is -0.866. The highest BCUT2D eigenvalue weighted by Gasteiger charge is 2.40. The number of hydrogen-bond acceptors (Lipinski definition) is 5. The summed E-state index contributed by atoms with van der Waals surface area (Å²) in [4.78, 5) is 26.3. The molecule has 1 amide bonds. The van der Waals surface area contributed by atoms with Crippen LogP contribution in [0.3, 0.4) is 0 Å². The van der Waals surface area contributed by atoms with Crippen LogP contribution in [0.2, 0.25) is 0 Å². The molecule has 1 aliphatic rings. The van der Waals surface area contributed by atoms with Crippen LogP contribution in [0.25, 0.3) is 6.08 Å². The number of carbonyl (C=O) groups is 2. The topological polar surface area (TPSA) is 66.8 Å². The van der Waals surface area contributed by atoms with Crippen LogP contribution in [0, 0.1) is 0 Å². The number of thioether (sulfide) groups is 1. The van der Waals surface area contributed by atoms with Gasteiger partial charge >= 0.3 is 5.97 Å². The van der Waals surface area contributed by atoms with Crippen LogP contribution in [0.4, 0.5) is 0 Å². The second kappa shape index (κ2) is 8.37. The summed E-state index contributed by atoms with van der Waals surface area (Å²) in [5.41, 5.74) is 1.56. The Balaban J connectivity index is 1.90. The average Bonchev–Trinajstić information content (AvgIpc) is 2.94. The van der Waals surface area contributed by atoms with E-state index in [-0.39, 0.29) is 10.7 Å². The highest BCUT2D eigenvalue weighted by atomic mass is 32.2. The number of ether oxygens (including phenoxy) is 1. The van der Waals surface area contributed by atoms with Gasteiger partial charge in [-0.3, -0.25) is 9.69 Å². The molecule has 0 spiro atoms. The van der Waals surface area contributed by atoms with Crippen LogP contribution >= 0.6 is 24.0 Å². The highest BCUT2D eigenvalue weighted by Crippen LogP contribution is 2.36. The Bertz CT molecular complexity index is 911. The van der Waals surface area contributed by atoms with E-state index < -0.39 is 17.9 Å². The minimum absolute atomic E-state index is 0.185. The largest absolute Gasteiger partial charge is 0.496 e. The molecule has 0 aromatic heterocycles. The number of methoxy groups -OCH3 is 1. The molecule has 2 aromatic rings. The molecule has 138 valence electrons. The molecular formula is C20H17NO4S2. The van der Waals surface area contributed by atoms with Gasteiger partial charge in [0.25, 0.3) is 5.91 Å². The van der Waals surface area contributed by atoms with Gasteiger partial charge in [-0.1, -0.05) is 72.5 Å². The number of carbonyl (C=O) groups excluding carboxylic acids is 1. The average molecular weight is 399 g/mol.